The number of hydrogen-bond donors (Lipinski definition) is 1. The standard InChI is InChI=1S/C32H41N3O6Si/c1-8-16-39-31(37)34-27-19-29(40-21-23-12-10-9-11-13-23)28(38-5)18-26(27)30(36)35-20-24(14-15-33)17-25(35)22-41-42(6,7)32(2,3)4/h8-13,18-20,25H,1,14,16-17,21-22H2,2-7H3,(H,34,37)/t25-/m0/s1. The highest BCUT2D eigenvalue weighted by atomic mass is 28.4. The molecule has 2 aromatic carbocycles. The molecular formula is C32H41N3O6Si. The van der Waals surface area contributed by atoms with Crippen molar-refractivity contribution >= 4 is 26.0 Å². The van der Waals surface area contributed by atoms with Crippen LogP contribution in [0, 0.1) is 11.3 Å². The van der Waals surface area contributed by atoms with E-state index in [0.717, 1.165) is 11.1 Å². The number of nitrogens with one attached hydrogen (secondary N) is 1. The number of amides is 2. The smallest absolute Gasteiger partial charge is 0.411 e. The maximum atomic E-state index is 14.2. The summed E-state index contributed by atoms with van der Waals surface area (Å²) in [7, 11) is -0.619. The van der Waals surface area contributed by atoms with Gasteiger partial charge in [-0.25, -0.2) is 4.79 Å². The second-order valence-corrected chi connectivity index (χ2v) is 16.4. The SMILES string of the molecule is C=CCOC(=O)Nc1cc(OCc2ccccc2)c(OC)cc1C(=O)N1C=C(CC#N)C[C@H]1CO[Si](C)(C)C(C)(C)C. The van der Waals surface area contributed by atoms with Crippen LogP contribution in [0.1, 0.15) is 49.5 Å². The summed E-state index contributed by atoms with van der Waals surface area (Å²) in [5.74, 6) is 0.296. The molecular weight excluding hydrogens is 550 g/mol. The Labute approximate surface area is 249 Å². The normalized spacial score (nSPS) is 14.9. The molecule has 0 saturated heterocycles. The molecule has 1 aliphatic rings. The third-order valence-electron chi connectivity index (χ3n) is 7.54. The molecule has 0 saturated carbocycles. The Morgan fingerprint density at radius 2 is 1.90 bits per heavy atom. The van der Waals surface area contributed by atoms with Gasteiger partial charge in [-0.3, -0.25) is 10.1 Å². The van der Waals surface area contributed by atoms with Gasteiger partial charge in [-0.05, 0) is 41.8 Å². The fourth-order valence-corrected chi connectivity index (χ4v) is 5.17. The highest BCUT2D eigenvalue weighted by molar-refractivity contribution is 6.74. The number of rotatable bonds is 12. The van der Waals surface area contributed by atoms with E-state index >= 15 is 0 Å². The number of nitrogens with zero attached hydrogens (tertiary/aromatic N) is 2. The summed E-state index contributed by atoms with van der Waals surface area (Å²) in [6.45, 7) is 15.0. The van der Waals surface area contributed by atoms with Crippen molar-refractivity contribution in [1.82, 2.24) is 4.90 Å². The summed E-state index contributed by atoms with van der Waals surface area (Å²) >= 11 is 0. The van der Waals surface area contributed by atoms with Gasteiger partial charge in [0, 0.05) is 12.3 Å². The average molecular weight is 592 g/mol. The highest BCUT2D eigenvalue weighted by Gasteiger charge is 2.39. The Balaban J connectivity index is 1.98. The number of carbonyl (C=O) groups excluding carboxylic acids is 2. The quantitative estimate of drug-likeness (QED) is 0.208. The van der Waals surface area contributed by atoms with E-state index in [0.29, 0.717) is 24.5 Å². The molecule has 0 bridgehead atoms. The zero-order valence-electron chi connectivity index (χ0n) is 25.4. The van der Waals surface area contributed by atoms with E-state index in [1.807, 2.05) is 30.3 Å². The largest absolute Gasteiger partial charge is 0.493 e. The number of methoxy groups -OCH3 is 1. The first-order valence-electron chi connectivity index (χ1n) is 13.9. The summed E-state index contributed by atoms with van der Waals surface area (Å²) < 4.78 is 23.2. The molecule has 0 unspecified atom stereocenters. The Kier molecular flexibility index (Phi) is 11.0. The summed E-state index contributed by atoms with van der Waals surface area (Å²) in [6, 6.07) is 14.6. The monoisotopic (exact) mass is 591 g/mol. The molecule has 1 atom stereocenters. The third-order valence-corrected chi connectivity index (χ3v) is 12.0. The zero-order chi connectivity index (χ0) is 30.9. The van der Waals surface area contributed by atoms with Crippen LogP contribution in [-0.4, -0.2) is 51.6 Å². The van der Waals surface area contributed by atoms with E-state index in [9.17, 15) is 14.9 Å². The molecule has 10 heteroatoms. The lowest BCUT2D eigenvalue weighted by molar-refractivity contribution is 0.0738. The van der Waals surface area contributed by atoms with Gasteiger partial charge in [0.15, 0.2) is 19.8 Å². The number of nitriles is 1. The van der Waals surface area contributed by atoms with E-state index in [2.05, 4.69) is 51.8 Å². The van der Waals surface area contributed by atoms with Gasteiger partial charge in [0.1, 0.15) is 13.2 Å². The van der Waals surface area contributed by atoms with E-state index in [1.165, 1.54) is 13.2 Å². The molecule has 224 valence electrons. The number of hydrogen-bond acceptors (Lipinski definition) is 7. The summed E-state index contributed by atoms with van der Waals surface area (Å²) in [6.07, 6.45) is 3.15. The van der Waals surface area contributed by atoms with Crippen LogP contribution in [0.25, 0.3) is 0 Å². The van der Waals surface area contributed by atoms with Crippen molar-refractivity contribution in [2.24, 2.45) is 0 Å². The van der Waals surface area contributed by atoms with Crippen molar-refractivity contribution in [3.63, 3.8) is 0 Å². The van der Waals surface area contributed by atoms with Gasteiger partial charge in [0.25, 0.3) is 5.91 Å². The van der Waals surface area contributed by atoms with Gasteiger partial charge in [-0.1, -0.05) is 63.8 Å². The molecule has 42 heavy (non-hydrogen) atoms. The highest BCUT2D eigenvalue weighted by Crippen LogP contribution is 2.39. The second-order valence-electron chi connectivity index (χ2n) is 11.6. The van der Waals surface area contributed by atoms with Crippen LogP contribution >= 0.6 is 0 Å². The molecule has 0 fully saturated rings. The van der Waals surface area contributed by atoms with Crippen molar-refractivity contribution in [2.45, 2.75) is 64.4 Å². The lowest BCUT2D eigenvalue weighted by Crippen LogP contribution is -2.45. The van der Waals surface area contributed by atoms with E-state index < -0.39 is 14.4 Å². The minimum Gasteiger partial charge on any atom is -0.493 e. The van der Waals surface area contributed by atoms with Crippen LogP contribution in [0.15, 0.2) is 66.9 Å². The predicted octanol–water partition coefficient (Wildman–Crippen LogP) is 7.04. The molecule has 1 aliphatic heterocycles. The van der Waals surface area contributed by atoms with Crippen molar-refractivity contribution in [3.05, 3.63) is 78.0 Å². The molecule has 2 aromatic rings. The van der Waals surface area contributed by atoms with Gasteiger partial charge >= 0.3 is 6.09 Å². The fourth-order valence-electron chi connectivity index (χ4n) is 4.13. The molecule has 0 radical (unpaired) electrons. The van der Waals surface area contributed by atoms with Crippen LogP contribution in [0.4, 0.5) is 10.5 Å². The van der Waals surface area contributed by atoms with E-state index in [-0.39, 0.29) is 47.9 Å². The summed E-state index contributed by atoms with van der Waals surface area (Å²) in [5, 5.41) is 12.0. The number of carbonyl (C=O) groups is 2. The molecule has 1 N–H and O–H groups in total. The number of anilines is 1. The van der Waals surface area contributed by atoms with E-state index in [1.54, 1.807) is 23.2 Å². The average Bonchev–Trinajstić information content (AvgIpc) is 3.36. The zero-order valence-corrected chi connectivity index (χ0v) is 26.4. The van der Waals surface area contributed by atoms with Crippen LogP contribution in [0.2, 0.25) is 18.1 Å². The molecule has 2 amide bonds. The molecule has 3 rings (SSSR count). The van der Waals surface area contributed by atoms with Gasteiger partial charge in [0.2, 0.25) is 0 Å². The predicted molar refractivity (Wildman–Crippen MR) is 165 cm³/mol. The fraction of sp³-hybridized carbons (Fsp3) is 0.406. The Bertz CT molecular complexity index is 1340. The van der Waals surface area contributed by atoms with E-state index in [4.69, 9.17) is 18.6 Å². The molecule has 0 aliphatic carbocycles. The second kappa shape index (κ2) is 14.2. The van der Waals surface area contributed by atoms with Crippen molar-refractivity contribution in [1.29, 1.82) is 5.26 Å². The van der Waals surface area contributed by atoms with Crippen LogP contribution in [0.3, 0.4) is 0 Å². The van der Waals surface area contributed by atoms with Crippen molar-refractivity contribution < 1.29 is 28.2 Å². The van der Waals surface area contributed by atoms with Crippen LogP contribution < -0.4 is 14.8 Å². The lowest BCUT2D eigenvalue weighted by Gasteiger charge is -2.38. The Morgan fingerprint density at radius 3 is 2.52 bits per heavy atom. The maximum absolute atomic E-state index is 14.2. The van der Waals surface area contributed by atoms with Crippen molar-refractivity contribution in [2.75, 3.05) is 25.6 Å². The van der Waals surface area contributed by atoms with Crippen LogP contribution in [0.5, 0.6) is 11.5 Å². The first-order valence-corrected chi connectivity index (χ1v) is 16.8. The van der Waals surface area contributed by atoms with Gasteiger partial charge in [-0.15, -0.1) is 0 Å². The molecule has 9 nitrogen and oxygen atoms in total. The minimum atomic E-state index is -2.11. The number of ether oxygens (including phenoxy) is 3. The molecule has 1 heterocycles. The topological polar surface area (TPSA) is 110 Å². The first-order chi connectivity index (χ1) is 19.9. The maximum Gasteiger partial charge on any atom is 0.411 e. The summed E-state index contributed by atoms with van der Waals surface area (Å²) in [4.78, 5) is 28.3. The van der Waals surface area contributed by atoms with Crippen LogP contribution in [-0.2, 0) is 15.8 Å². The molecule has 0 aromatic heterocycles. The number of benzene rings is 2. The third kappa shape index (κ3) is 8.24. The lowest BCUT2D eigenvalue weighted by atomic mass is 10.1. The Morgan fingerprint density at radius 1 is 1.19 bits per heavy atom. The molecule has 0 spiro atoms. The first kappa shape index (κ1) is 32.4. The summed E-state index contributed by atoms with van der Waals surface area (Å²) in [5.41, 5.74) is 2.16. The van der Waals surface area contributed by atoms with Crippen molar-refractivity contribution in [3.8, 4) is 17.6 Å². The minimum absolute atomic E-state index is 0.00186. The van der Waals surface area contributed by atoms with Gasteiger partial charge < -0.3 is 23.5 Å². The van der Waals surface area contributed by atoms with Gasteiger partial charge in [-0.2, -0.15) is 5.26 Å². The van der Waals surface area contributed by atoms with Gasteiger partial charge in [0.05, 0.1) is 43.5 Å². The Hall–Kier alpha value is -4.07.